The number of aryl methyl sites for hydroxylation is 1. The minimum atomic E-state index is -0.0881. The van der Waals surface area contributed by atoms with Crippen LogP contribution in [0.1, 0.15) is 68.3 Å². The Bertz CT molecular complexity index is 987. The van der Waals surface area contributed by atoms with Gasteiger partial charge in [-0.25, -0.2) is 9.67 Å². The van der Waals surface area contributed by atoms with E-state index >= 15 is 0 Å². The summed E-state index contributed by atoms with van der Waals surface area (Å²) in [7, 11) is 1.87. The second-order valence-corrected chi connectivity index (χ2v) is 10.8. The van der Waals surface area contributed by atoms with E-state index in [9.17, 15) is 4.79 Å². The van der Waals surface area contributed by atoms with Crippen molar-refractivity contribution < 1.29 is 9.53 Å². The second kappa shape index (κ2) is 12.3. The van der Waals surface area contributed by atoms with Crippen molar-refractivity contribution in [2.75, 3.05) is 57.8 Å². The van der Waals surface area contributed by atoms with E-state index in [0.29, 0.717) is 11.7 Å². The molecule has 3 fully saturated rings. The summed E-state index contributed by atoms with van der Waals surface area (Å²) in [5.41, 5.74) is 1.24. The van der Waals surface area contributed by atoms with E-state index in [0.717, 1.165) is 82.2 Å². The summed E-state index contributed by atoms with van der Waals surface area (Å²) in [6, 6.07) is 4.68. The summed E-state index contributed by atoms with van der Waals surface area (Å²) in [5, 5.41) is 12.3. The molecule has 1 amide bonds. The topological polar surface area (TPSA) is 87.6 Å². The fraction of sp³-hybridized carbons (Fsp3) is 0.741. The predicted molar refractivity (Wildman–Crippen MR) is 142 cm³/mol. The molecule has 9 nitrogen and oxygen atoms in total. The number of amides is 1. The van der Waals surface area contributed by atoms with Crippen LogP contribution in [0.25, 0.3) is 11.0 Å². The third-order valence-corrected chi connectivity index (χ3v) is 8.12. The first-order valence-electron chi connectivity index (χ1n) is 14.1. The number of fused-ring (bicyclic) bond motifs is 1. The van der Waals surface area contributed by atoms with E-state index < -0.39 is 0 Å². The first-order chi connectivity index (χ1) is 17.7. The molecule has 0 unspecified atom stereocenters. The number of ether oxygens (including phenoxy) is 1. The Hall–Kier alpha value is -2.23. The number of nitrogens with zero attached hydrogens (tertiary/aromatic N) is 5. The number of carbonyl (C=O) groups is 1. The van der Waals surface area contributed by atoms with Crippen LogP contribution in [0, 0.1) is 0 Å². The first kappa shape index (κ1) is 25.4. The number of likely N-dealkylation sites (tertiary alicyclic amines) is 1. The Morgan fingerprint density at radius 3 is 2.31 bits per heavy atom. The standard InChI is InChI=1S/C27H43N7O2/c1-32-26-23(9-10-24(30-26)28-21-7-5-3-2-4-6-8-21)25(31-32)27(35)29-22-11-13-33(14-12-22)15-16-34-17-19-36-20-18-34/h9-10,21-22H,2-8,11-20H2,1H3,(H,28,30)(H,29,35). The zero-order valence-corrected chi connectivity index (χ0v) is 21.9. The molecule has 2 saturated heterocycles. The van der Waals surface area contributed by atoms with Gasteiger partial charge < -0.3 is 20.3 Å². The van der Waals surface area contributed by atoms with Gasteiger partial charge in [-0.3, -0.25) is 9.69 Å². The van der Waals surface area contributed by atoms with Crippen LogP contribution in [0.5, 0.6) is 0 Å². The van der Waals surface area contributed by atoms with Crippen LogP contribution in [0.4, 0.5) is 5.82 Å². The SMILES string of the molecule is Cn1nc(C(=O)NC2CCN(CCN3CCOCC3)CC2)c2ccc(NC3CCCCCCC3)nc21. The van der Waals surface area contributed by atoms with E-state index in [1.54, 1.807) is 4.68 Å². The number of nitrogens with one attached hydrogen (secondary N) is 2. The highest BCUT2D eigenvalue weighted by molar-refractivity contribution is 6.04. The molecule has 0 spiro atoms. The molecule has 4 heterocycles. The summed E-state index contributed by atoms with van der Waals surface area (Å²) >= 11 is 0. The van der Waals surface area contributed by atoms with Crippen LogP contribution in [0.3, 0.4) is 0 Å². The lowest BCUT2D eigenvalue weighted by Gasteiger charge is -2.34. The number of piperidine rings is 1. The zero-order valence-electron chi connectivity index (χ0n) is 21.9. The average Bonchev–Trinajstić information content (AvgIpc) is 3.22. The highest BCUT2D eigenvalue weighted by atomic mass is 16.5. The maximum Gasteiger partial charge on any atom is 0.272 e. The van der Waals surface area contributed by atoms with Crippen LogP contribution in [0.2, 0.25) is 0 Å². The minimum Gasteiger partial charge on any atom is -0.379 e. The molecule has 1 saturated carbocycles. The van der Waals surface area contributed by atoms with Crippen LogP contribution in [-0.2, 0) is 11.8 Å². The van der Waals surface area contributed by atoms with Crippen molar-refractivity contribution in [3.05, 3.63) is 17.8 Å². The maximum absolute atomic E-state index is 13.2. The van der Waals surface area contributed by atoms with E-state index in [4.69, 9.17) is 9.72 Å². The number of morpholine rings is 1. The third kappa shape index (κ3) is 6.55. The van der Waals surface area contributed by atoms with E-state index in [1.165, 1.54) is 44.9 Å². The highest BCUT2D eigenvalue weighted by Crippen LogP contribution is 2.23. The molecule has 2 aromatic heterocycles. The summed E-state index contributed by atoms with van der Waals surface area (Å²) in [6.07, 6.45) is 10.9. The molecule has 3 aliphatic rings. The summed E-state index contributed by atoms with van der Waals surface area (Å²) in [5.74, 6) is 0.794. The largest absolute Gasteiger partial charge is 0.379 e. The van der Waals surface area contributed by atoms with Crippen molar-refractivity contribution in [2.45, 2.75) is 69.9 Å². The fourth-order valence-corrected chi connectivity index (χ4v) is 5.85. The molecule has 2 N–H and O–H groups in total. The summed E-state index contributed by atoms with van der Waals surface area (Å²) in [4.78, 5) is 23.0. The molecule has 198 valence electrons. The second-order valence-electron chi connectivity index (χ2n) is 10.8. The maximum atomic E-state index is 13.2. The van der Waals surface area contributed by atoms with Crippen molar-refractivity contribution in [2.24, 2.45) is 7.05 Å². The zero-order chi connectivity index (χ0) is 24.7. The molecule has 0 atom stereocenters. The Labute approximate surface area is 214 Å². The van der Waals surface area contributed by atoms with Gasteiger partial charge in [0.15, 0.2) is 11.3 Å². The van der Waals surface area contributed by atoms with Crippen LogP contribution in [0.15, 0.2) is 12.1 Å². The van der Waals surface area contributed by atoms with Crippen molar-refractivity contribution in [3.63, 3.8) is 0 Å². The first-order valence-corrected chi connectivity index (χ1v) is 14.1. The van der Waals surface area contributed by atoms with Gasteiger partial charge in [0.2, 0.25) is 0 Å². The van der Waals surface area contributed by atoms with E-state index in [1.807, 2.05) is 19.2 Å². The lowest BCUT2D eigenvalue weighted by Crippen LogP contribution is -2.47. The van der Waals surface area contributed by atoms with E-state index in [-0.39, 0.29) is 11.9 Å². The monoisotopic (exact) mass is 497 g/mol. The van der Waals surface area contributed by atoms with Gasteiger partial charge in [0, 0.05) is 58.4 Å². The Balaban J connectivity index is 1.14. The fourth-order valence-electron chi connectivity index (χ4n) is 5.85. The van der Waals surface area contributed by atoms with E-state index in [2.05, 4.69) is 25.5 Å². The molecule has 5 rings (SSSR count). The van der Waals surface area contributed by atoms with Gasteiger partial charge in [-0.15, -0.1) is 0 Å². The number of carbonyl (C=O) groups excluding carboxylic acids is 1. The predicted octanol–water partition coefficient (Wildman–Crippen LogP) is 3.02. The Morgan fingerprint density at radius 1 is 0.917 bits per heavy atom. The molecular weight excluding hydrogens is 454 g/mol. The van der Waals surface area contributed by atoms with Gasteiger partial charge in [-0.05, 0) is 37.8 Å². The number of hydrogen-bond acceptors (Lipinski definition) is 7. The van der Waals surface area contributed by atoms with Crippen molar-refractivity contribution in [1.82, 2.24) is 29.9 Å². The average molecular weight is 498 g/mol. The van der Waals surface area contributed by atoms with Gasteiger partial charge in [-0.1, -0.05) is 32.1 Å². The molecule has 0 radical (unpaired) electrons. The number of anilines is 1. The van der Waals surface area contributed by atoms with Crippen molar-refractivity contribution >= 4 is 22.8 Å². The molecule has 2 aliphatic heterocycles. The lowest BCUT2D eigenvalue weighted by atomic mass is 9.97. The quantitative estimate of drug-likeness (QED) is 0.608. The smallest absolute Gasteiger partial charge is 0.272 e. The Morgan fingerprint density at radius 2 is 1.58 bits per heavy atom. The molecule has 9 heteroatoms. The van der Waals surface area contributed by atoms with Crippen LogP contribution < -0.4 is 10.6 Å². The third-order valence-electron chi connectivity index (χ3n) is 8.12. The highest BCUT2D eigenvalue weighted by Gasteiger charge is 2.25. The molecule has 2 aromatic rings. The summed E-state index contributed by atoms with van der Waals surface area (Å²) in [6.45, 7) is 8.02. The van der Waals surface area contributed by atoms with Gasteiger partial charge >= 0.3 is 0 Å². The molecule has 1 aliphatic carbocycles. The van der Waals surface area contributed by atoms with Crippen LogP contribution in [-0.4, -0.2) is 95.0 Å². The van der Waals surface area contributed by atoms with Crippen molar-refractivity contribution in [3.8, 4) is 0 Å². The summed E-state index contributed by atoms with van der Waals surface area (Å²) < 4.78 is 7.18. The number of pyridine rings is 1. The van der Waals surface area contributed by atoms with Gasteiger partial charge in [-0.2, -0.15) is 5.10 Å². The normalized spacial score (nSPS) is 21.8. The van der Waals surface area contributed by atoms with Gasteiger partial charge in [0.05, 0.1) is 18.6 Å². The molecule has 0 aromatic carbocycles. The van der Waals surface area contributed by atoms with Gasteiger partial charge in [0.1, 0.15) is 5.82 Å². The number of rotatable bonds is 7. The molecule has 36 heavy (non-hydrogen) atoms. The lowest BCUT2D eigenvalue weighted by molar-refractivity contribution is 0.0318. The minimum absolute atomic E-state index is 0.0881. The van der Waals surface area contributed by atoms with Gasteiger partial charge in [0.25, 0.3) is 5.91 Å². The van der Waals surface area contributed by atoms with Crippen molar-refractivity contribution in [1.29, 1.82) is 0 Å². The molecular formula is C27H43N7O2. The van der Waals surface area contributed by atoms with Crippen LogP contribution >= 0.6 is 0 Å². The molecule has 0 bridgehead atoms. The number of aromatic nitrogens is 3. The number of hydrogen-bond donors (Lipinski definition) is 2. The Kier molecular flexibility index (Phi) is 8.71.